The number of rotatable bonds is 4. The number of β-amino-alcohol motifs (C(OH)–C–C–N with tert-alkyl or cyclic N) is 1. The number of carboxylic acid groups (broad SMARTS) is 1. The van der Waals surface area contributed by atoms with Crippen LogP contribution in [-0.4, -0.2) is 71.0 Å². The maximum atomic E-state index is 13.1. The van der Waals surface area contributed by atoms with Crippen molar-refractivity contribution in [2.24, 2.45) is 0 Å². The van der Waals surface area contributed by atoms with Gasteiger partial charge in [0.2, 0.25) is 15.9 Å². The molecule has 0 aliphatic carbocycles. The molecule has 8 nitrogen and oxygen atoms in total. The molecule has 0 radical (unpaired) electrons. The van der Waals surface area contributed by atoms with E-state index in [1.54, 1.807) is 0 Å². The molecule has 0 spiro atoms. The number of sulfonamides is 1. The summed E-state index contributed by atoms with van der Waals surface area (Å²) in [6, 6.07) is 1.76. The van der Waals surface area contributed by atoms with Crippen LogP contribution in [0, 0.1) is 5.82 Å². The van der Waals surface area contributed by atoms with Gasteiger partial charge in [-0.3, -0.25) is 4.79 Å². The largest absolute Gasteiger partial charge is 0.548 e. The lowest BCUT2D eigenvalue weighted by Gasteiger charge is -2.30. The third-order valence-corrected chi connectivity index (χ3v) is 7.28. The van der Waals surface area contributed by atoms with E-state index < -0.39 is 45.9 Å². The molecule has 2 fully saturated rings. The Labute approximate surface area is 153 Å². The summed E-state index contributed by atoms with van der Waals surface area (Å²) >= 11 is 1.23. The molecule has 3 atom stereocenters. The predicted octanol–water partition coefficient (Wildman–Crippen LogP) is -1.40. The Hall–Kier alpha value is -1.69. The smallest absolute Gasteiger partial charge is 0.243 e. The van der Waals surface area contributed by atoms with Gasteiger partial charge in [0.1, 0.15) is 11.9 Å². The lowest BCUT2D eigenvalue weighted by atomic mass is 10.1. The maximum absolute atomic E-state index is 13.1. The first kappa shape index (κ1) is 19.1. The number of hydrogen-bond donors (Lipinski definition) is 1. The molecule has 1 N–H and O–H groups in total. The van der Waals surface area contributed by atoms with Crippen LogP contribution in [0.5, 0.6) is 0 Å². The van der Waals surface area contributed by atoms with Crippen LogP contribution >= 0.6 is 11.8 Å². The Bertz CT molecular complexity index is 816. The SMILES string of the molecule is O=C([O-])[C@H]1CSCN1C(=O)[C@H]1C[C@H](O)CN1S(=O)(=O)c1ccc(F)cc1. The minimum absolute atomic E-state index is 0.106. The van der Waals surface area contributed by atoms with Gasteiger partial charge in [-0.05, 0) is 24.3 Å². The minimum atomic E-state index is -4.16. The number of aliphatic hydroxyl groups excluding tert-OH is 1. The van der Waals surface area contributed by atoms with Gasteiger partial charge < -0.3 is 19.9 Å². The standard InChI is InChI=1S/C15H17FN2O6S2/c16-9-1-3-11(4-2-9)26(23,24)18-6-10(19)5-12(18)14(20)17-8-25-7-13(17)15(21)22/h1-4,10,12-13,19H,5-8H2,(H,21,22)/p-1/t10-,12+,13+/m0/s1. The average molecular weight is 403 g/mol. The molecule has 1 aromatic carbocycles. The van der Waals surface area contributed by atoms with E-state index in [1.807, 2.05) is 0 Å². The summed E-state index contributed by atoms with van der Waals surface area (Å²) in [5.41, 5.74) is 0. The molecule has 0 aromatic heterocycles. The highest BCUT2D eigenvalue weighted by Crippen LogP contribution is 2.30. The van der Waals surface area contributed by atoms with Crippen LogP contribution in [0.4, 0.5) is 4.39 Å². The number of carboxylic acids is 1. The number of carbonyl (C=O) groups excluding carboxylic acids is 2. The summed E-state index contributed by atoms with van der Waals surface area (Å²) in [6.45, 7) is -0.299. The zero-order chi connectivity index (χ0) is 19.1. The molecule has 1 amide bonds. The van der Waals surface area contributed by atoms with Crippen molar-refractivity contribution < 1.29 is 32.6 Å². The van der Waals surface area contributed by atoms with Crippen LogP contribution in [0.1, 0.15) is 6.42 Å². The van der Waals surface area contributed by atoms with Gasteiger partial charge in [0.05, 0.1) is 28.9 Å². The molecular weight excluding hydrogens is 387 g/mol. The molecule has 0 saturated carbocycles. The third kappa shape index (κ3) is 3.43. The molecule has 1 aromatic rings. The van der Waals surface area contributed by atoms with Gasteiger partial charge in [0, 0.05) is 18.7 Å². The van der Waals surface area contributed by atoms with E-state index in [9.17, 15) is 32.6 Å². The van der Waals surface area contributed by atoms with Crippen molar-refractivity contribution >= 4 is 33.7 Å². The molecule has 2 aliphatic heterocycles. The first-order valence-electron chi connectivity index (χ1n) is 7.76. The van der Waals surface area contributed by atoms with Gasteiger partial charge in [-0.15, -0.1) is 11.8 Å². The summed E-state index contributed by atoms with van der Waals surface area (Å²) in [5.74, 6) is -2.44. The van der Waals surface area contributed by atoms with Crippen molar-refractivity contribution in [3.63, 3.8) is 0 Å². The molecule has 0 unspecified atom stereocenters. The number of hydrogen-bond acceptors (Lipinski definition) is 7. The quantitative estimate of drug-likeness (QED) is 0.657. The molecule has 2 heterocycles. The van der Waals surface area contributed by atoms with Crippen LogP contribution in [0.25, 0.3) is 0 Å². The zero-order valence-electron chi connectivity index (χ0n) is 13.4. The lowest BCUT2D eigenvalue weighted by Crippen LogP contribution is -2.54. The Morgan fingerprint density at radius 3 is 2.50 bits per heavy atom. The zero-order valence-corrected chi connectivity index (χ0v) is 15.1. The summed E-state index contributed by atoms with van der Waals surface area (Å²) in [5, 5.41) is 21.1. The second kappa shape index (κ2) is 7.14. The van der Waals surface area contributed by atoms with Crippen molar-refractivity contribution in [3.05, 3.63) is 30.1 Å². The van der Waals surface area contributed by atoms with Crippen molar-refractivity contribution in [2.45, 2.75) is 29.5 Å². The number of carbonyl (C=O) groups is 2. The first-order valence-corrected chi connectivity index (χ1v) is 10.4. The van der Waals surface area contributed by atoms with E-state index in [2.05, 4.69) is 0 Å². The number of thioether (sulfide) groups is 1. The van der Waals surface area contributed by atoms with Gasteiger partial charge in [0.25, 0.3) is 0 Å². The topological polar surface area (TPSA) is 118 Å². The third-order valence-electron chi connectivity index (χ3n) is 4.38. The van der Waals surface area contributed by atoms with E-state index >= 15 is 0 Å². The second-order valence-electron chi connectivity index (χ2n) is 6.08. The molecule has 142 valence electrons. The molecule has 0 bridgehead atoms. The van der Waals surface area contributed by atoms with Crippen LogP contribution in [-0.2, 0) is 19.6 Å². The second-order valence-corrected chi connectivity index (χ2v) is 8.97. The summed E-state index contributed by atoms with van der Waals surface area (Å²) in [7, 11) is -4.16. The van der Waals surface area contributed by atoms with Crippen LogP contribution < -0.4 is 5.11 Å². The Kier molecular flexibility index (Phi) is 5.24. The molecule has 26 heavy (non-hydrogen) atoms. The van der Waals surface area contributed by atoms with E-state index in [4.69, 9.17) is 0 Å². The molecular formula is C15H16FN2O6S2-. The lowest BCUT2D eigenvalue weighted by molar-refractivity contribution is -0.310. The first-order chi connectivity index (χ1) is 12.2. The number of amides is 1. The van der Waals surface area contributed by atoms with Crippen molar-refractivity contribution in [3.8, 4) is 0 Å². The molecule has 3 rings (SSSR count). The van der Waals surface area contributed by atoms with Crippen LogP contribution in [0.2, 0.25) is 0 Å². The minimum Gasteiger partial charge on any atom is -0.548 e. The van der Waals surface area contributed by atoms with Gasteiger partial charge >= 0.3 is 0 Å². The number of benzene rings is 1. The summed E-state index contributed by atoms with van der Waals surface area (Å²) < 4.78 is 39.6. The summed E-state index contributed by atoms with van der Waals surface area (Å²) in [6.07, 6.45) is -1.20. The Morgan fingerprint density at radius 1 is 1.23 bits per heavy atom. The monoisotopic (exact) mass is 403 g/mol. The van der Waals surface area contributed by atoms with E-state index in [-0.39, 0.29) is 29.5 Å². The van der Waals surface area contributed by atoms with Gasteiger partial charge in [0.15, 0.2) is 0 Å². The fourth-order valence-electron chi connectivity index (χ4n) is 3.06. The highest BCUT2D eigenvalue weighted by molar-refractivity contribution is 7.99. The predicted molar refractivity (Wildman–Crippen MR) is 87.7 cm³/mol. The van der Waals surface area contributed by atoms with Crippen molar-refractivity contribution in [1.82, 2.24) is 9.21 Å². The van der Waals surface area contributed by atoms with Gasteiger partial charge in [-0.25, -0.2) is 12.8 Å². The normalized spacial score (nSPS) is 27.0. The van der Waals surface area contributed by atoms with Crippen LogP contribution in [0.15, 0.2) is 29.2 Å². The highest BCUT2D eigenvalue weighted by atomic mass is 32.2. The van der Waals surface area contributed by atoms with Crippen LogP contribution in [0.3, 0.4) is 0 Å². The number of aliphatic carboxylic acids is 1. The number of halogens is 1. The fourth-order valence-corrected chi connectivity index (χ4v) is 5.84. The average Bonchev–Trinajstić information content (AvgIpc) is 3.21. The highest BCUT2D eigenvalue weighted by Gasteiger charge is 2.46. The fraction of sp³-hybridized carbons (Fsp3) is 0.467. The van der Waals surface area contributed by atoms with Gasteiger partial charge in [-0.2, -0.15) is 4.31 Å². The Morgan fingerprint density at radius 2 is 1.88 bits per heavy atom. The van der Waals surface area contributed by atoms with Crippen molar-refractivity contribution in [2.75, 3.05) is 18.2 Å². The molecule has 2 aliphatic rings. The maximum Gasteiger partial charge on any atom is 0.243 e. The molecule has 11 heteroatoms. The van der Waals surface area contributed by atoms with E-state index in [0.29, 0.717) is 0 Å². The number of aliphatic hydroxyl groups is 1. The summed E-state index contributed by atoms with van der Waals surface area (Å²) in [4.78, 5) is 24.8. The van der Waals surface area contributed by atoms with Crippen molar-refractivity contribution in [1.29, 1.82) is 0 Å². The molecule has 2 saturated heterocycles. The van der Waals surface area contributed by atoms with Gasteiger partial charge in [-0.1, -0.05) is 0 Å². The van der Waals surface area contributed by atoms with E-state index in [0.717, 1.165) is 33.5 Å². The Balaban J connectivity index is 1.90. The van der Waals surface area contributed by atoms with E-state index in [1.165, 1.54) is 11.8 Å². The number of nitrogens with zero attached hydrogens (tertiary/aromatic N) is 2.